The van der Waals surface area contributed by atoms with E-state index in [1.165, 1.54) is 19.3 Å². The SMILES string of the molecule is CCCCCCCCCCC(N)(CS(=O)(=O)O)S(=O)(=O)O. The summed E-state index contributed by atoms with van der Waals surface area (Å²) >= 11 is 0. The Morgan fingerprint density at radius 2 is 1.29 bits per heavy atom. The maximum atomic E-state index is 11.2. The fraction of sp³-hybridized carbons (Fsp3) is 1.00. The molecule has 9 heteroatoms. The van der Waals surface area contributed by atoms with Gasteiger partial charge in [-0.25, -0.2) is 0 Å². The summed E-state index contributed by atoms with van der Waals surface area (Å²) in [7, 11) is -9.35. The average Bonchev–Trinajstić information content (AvgIpc) is 2.29. The molecule has 21 heavy (non-hydrogen) atoms. The number of hydrogen-bond donors (Lipinski definition) is 3. The van der Waals surface area contributed by atoms with Crippen LogP contribution in [0.5, 0.6) is 0 Å². The normalized spacial score (nSPS) is 15.8. The van der Waals surface area contributed by atoms with Crippen LogP contribution in [-0.4, -0.2) is 36.6 Å². The molecule has 0 saturated heterocycles. The van der Waals surface area contributed by atoms with Gasteiger partial charge in [-0.3, -0.25) is 9.11 Å². The molecule has 4 N–H and O–H groups in total. The van der Waals surface area contributed by atoms with Gasteiger partial charge in [-0.15, -0.1) is 0 Å². The fourth-order valence-corrected chi connectivity index (χ4v) is 4.35. The smallest absolute Gasteiger partial charge is 0.284 e. The van der Waals surface area contributed by atoms with Crippen molar-refractivity contribution in [3.63, 3.8) is 0 Å². The molecule has 0 aliphatic rings. The Bertz CT molecular complexity index is 488. The zero-order chi connectivity index (χ0) is 16.6. The standard InChI is InChI=1S/C12H27NO6S2/c1-2-3-4-5-6-7-8-9-10-12(13,21(17,18)19)11-20(14,15)16/h2-11,13H2,1H3,(H,14,15,16)(H,17,18,19). The highest BCUT2D eigenvalue weighted by Crippen LogP contribution is 2.21. The highest BCUT2D eigenvalue weighted by molar-refractivity contribution is 7.90. The van der Waals surface area contributed by atoms with Gasteiger partial charge in [-0.2, -0.15) is 16.8 Å². The van der Waals surface area contributed by atoms with Crippen molar-refractivity contribution in [2.75, 3.05) is 5.75 Å². The molecule has 0 saturated carbocycles. The monoisotopic (exact) mass is 345 g/mol. The molecule has 0 aromatic rings. The van der Waals surface area contributed by atoms with Crippen LogP contribution in [-0.2, 0) is 20.2 Å². The van der Waals surface area contributed by atoms with E-state index in [0.29, 0.717) is 12.8 Å². The molecule has 0 heterocycles. The average molecular weight is 345 g/mol. The van der Waals surface area contributed by atoms with Crippen LogP contribution in [0.2, 0.25) is 0 Å². The first-order valence-electron chi connectivity index (χ1n) is 7.23. The second-order valence-corrected chi connectivity index (χ2v) is 8.71. The first-order valence-corrected chi connectivity index (χ1v) is 10.3. The summed E-state index contributed by atoms with van der Waals surface area (Å²) in [6.07, 6.45) is 7.45. The zero-order valence-corrected chi connectivity index (χ0v) is 14.1. The van der Waals surface area contributed by atoms with E-state index >= 15 is 0 Å². The van der Waals surface area contributed by atoms with E-state index in [0.717, 1.165) is 19.3 Å². The second-order valence-electron chi connectivity index (χ2n) is 5.49. The fourth-order valence-electron chi connectivity index (χ4n) is 2.14. The molecule has 1 atom stereocenters. The third-order valence-electron chi connectivity index (χ3n) is 3.39. The van der Waals surface area contributed by atoms with Crippen molar-refractivity contribution in [2.45, 2.75) is 69.6 Å². The quantitative estimate of drug-likeness (QED) is 0.363. The number of nitrogens with two attached hydrogens (primary N) is 1. The number of hydrogen-bond acceptors (Lipinski definition) is 5. The Hall–Kier alpha value is -0.220. The molecule has 0 aliphatic carbocycles. The molecular formula is C12H27NO6S2. The van der Waals surface area contributed by atoms with E-state index in [1.807, 2.05) is 0 Å². The molecule has 0 fully saturated rings. The summed E-state index contributed by atoms with van der Waals surface area (Å²) < 4.78 is 61.9. The Balaban J connectivity index is 4.23. The molecule has 0 aliphatic heterocycles. The van der Waals surface area contributed by atoms with Crippen LogP contribution < -0.4 is 5.73 Å². The second kappa shape index (κ2) is 9.04. The van der Waals surface area contributed by atoms with Gasteiger partial charge >= 0.3 is 0 Å². The van der Waals surface area contributed by atoms with Gasteiger partial charge in [-0.1, -0.05) is 58.3 Å². The molecule has 0 aromatic carbocycles. The molecular weight excluding hydrogens is 318 g/mol. The molecule has 7 nitrogen and oxygen atoms in total. The van der Waals surface area contributed by atoms with Crippen molar-refractivity contribution in [1.82, 2.24) is 0 Å². The van der Waals surface area contributed by atoms with Gasteiger partial charge in [0.15, 0.2) is 4.87 Å². The van der Waals surface area contributed by atoms with E-state index in [-0.39, 0.29) is 6.42 Å². The predicted molar refractivity (Wildman–Crippen MR) is 82.1 cm³/mol. The van der Waals surface area contributed by atoms with Crippen molar-refractivity contribution in [3.05, 3.63) is 0 Å². The minimum atomic E-state index is -4.76. The topological polar surface area (TPSA) is 135 Å². The lowest BCUT2D eigenvalue weighted by atomic mass is 10.1. The molecule has 128 valence electrons. The van der Waals surface area contributed by atoms with Gasteiger partial charge in [0.1, 0.15) is 5.75 Å². The summed E-state index contributed by atoms with van der Waals surface area (Å²) in [5.41, 5.74) is 5.46. The summed E-state index contributed by atoms with van der Waals surface area (Å²) in [5.74, 6) is -1.20. The number of unbranched alkanes of at least 4 members (excludes halogenated alkanes) is 7. The van der Waals surface area contributed by atoms with Crippen molar-refractivity contribution in [1.29, 1.82) is 0 Å². The van der Waals surface area contributed by atoms with E-state index in [2.05, 4.69) is 6.92 Å². The Labute approximate surface area is 127 Å². The maximum absolute atomic E-state index is 11.2. The lowest BCUT2D eigenvalue weighted by molar-refractivity contribution is 0.402. The van der Waals surface area contributed by atoms with E-state index < -0.39 is 30.9 Å². The van der Waals surface area contributed by atoms with Gasteiger partial charge < -0.3 is 5.73 Å². The maximum Gasteiger partial charge on any atom is 0.284 e. The van der Waals surface area contributed by atoms with Crippen LogP contribution in [0.1, 0.15) is 64.7 Å². The van der Waals surface area contributed by atoms with E-state index in [1.54, 1.807) is 0 Å². The van der Waals surface area contributed by atoms with Crippen molar-refractivity contribution in [2.24, 2.45) is 5.73 Å². The van der Waals surface area contributed by atoms with E-state index in [9.17, 15) is 16.8 Å². The first kappa shape index (κ1) is 20.8. The summed E-state index contributed by atoms with van der Waals surface area (Å²) in [6.45, 7) is 2.13. The van der Waals surface area contributed by atoms with Gasteiger partial charge in [0.25, 0.3) is 20.2 Å². The molecule has 1 unspecified atom stereocenters. The third kappa shape index (κ3) is 9.41. The Morgan fingerprint density at radius 3 is 1.67 bits per heavy atom. The lowest BCUT2D eigenvalue weighted by Crippen LogP contribution is -2.52. The molecule has 0 radical (unpaired) electrons. The minimum absolute atomic E-state index is 0.208. The van der Waals surface area contributed by atoms with Crippen molar-refractivity contribution >= 4 is 20.2 Å². The van der Waals surface area contributed by atoms with Gasteiger partial charge in [-0.05, 0) is 6.42 Å². The van der Waals surface area contributed by atoms with Crippen molar-refractivity contribution < 1.29 is 25.9 Å². The number of rotatable bonds is 12. The molecule has 0 rings (SSSR count). The third-order valence-corrected chi connectivity index (χ3v) is 5.83. The molecule has 0 bridgehead atoms. The molecule has 0 aromatic heterocycles. The molecule has 0 amide bonds. The summed E-state index contributed by atoms with van der Waals surface area (Å²) in [6, 6.07) is 0. The van der Waals surface area contributed by atoms with Gasteiger partial charge in [0, 0.05) is 0 Å². The summed E-state index contributed by atoms with van der Waals surface area (Å²) in [5, 5.41) is 0. The minimum Gasteiger partial charge on any atom is -0.310 e. The largest absolute Gasteiger partial charge is 0.310 e. The Kier molecular flexibility index (Phi) is 8.94. The van der Waals surface area contributed by atoms with Crippen LogP contribution >= 0.6 is 0 Å². The summed E-state index contributed by atoms with van der Waals surface area (Å²) in [4.78, 5) is -2.34. The lowest BCUT2D eigenvalue weighted by Gasteiger charge is -2.24. The first-order chi connectivity index (χ1) is 9.52. The van der Waals surface area contributed by atoms with Crippen LogP contribution in [0.4, 0.5) is 0 Å². The highest BCUT2D eigenvalue weighted by Gasteiger charge is 2.42. The van der Waals surface area contributed by atoms with Gasteiger partial charge in [0.05, 0.1) is 0 Å². The van der Waals surface area contributed by atoms with Crippen molar-refractivity contribution in [3.8, 4) is 0 Å². The molecule has 0 spiro atoms. The van der Waals surface area contributed by atoms with Crippen LogP contribution in [0.15, 0.2) is 0 Å². The highest BCUT2D eigenvalue weighted by atomic mass is 32.2. The van der Waals surface area contributed by atoms with Crippen LogP contribution in [0.3, 0.4) is 0 Å². The van der Waals surface area contributed by atoms with Gasteiger partial charge in [0.2, 0.25) is 0 Å². The van der Waals surface area contributed by atoms with E-state index in [4.69, 9.17) is 14.8 Å². The van der Waals surface area contributed by atoms with Crippen LogP contribution in [0, 0.1) is 0 Å². The van der Waals surface area contributed by atoms with Crippen LogP contribution in [0.25, 0.3) is 0 Å². The zero-order valence-electron chi connectivity index (χ0n) is 12.5. The Morgan fingerprint density at radius 1 is 0.857 bits per heavy atom. The predicted octanol–water partition coefficient (Wildman–Crippen LogP) is 1.95.